The number of likely N-dealkylation sites (tertiary alicyclic amines) is 1. The Morgan fingerprint density at radius 3 is 2.43 bits per heavy atom. The van der Waals surface area contributed by atoms with Crippen molar-refractivity contribution in [2.75, 3.05) is 27.4 Å². The number of esters is 1. The molecule has 1 aliphatic heterocycles. The number of carbonyl (C=O) groups excluding carboxylic acids is 2. The Morgan fingerprint density at radius 2 is 1.69 bits per heavy atom. The zero-order valence-corrected chi connectivity index (χ0v) is 24.0. The summed E-state index contributed by atoms with van der Waals surface area (Å²) in [7, 11) is 3.15. The van der Waals surface area contributed by atoms with Crippen LogP contribution in [0.4, 0.5) is 0 Å². The van der Waals surface area contributed by atoms with Crippen molar-refractivity contribution >= 4 is 17.8 Å². The molecule has 3 aromatic carbocycles. The van der Waals surface area contributed by atoms with E-state index < -0.39 is 30.7 Å². The molecule has 1 saturated heterocycles. The van der Waals surface area contributed by atoms with E-state index in [-0.39, 0.29) is 12.3 Å². The summed E-state index contributed by atoms with van der Waals surface area (Å²) in [4.78, 5) is 39.6. The second-order valence-electron chi connectivity index (χ2n) is 10.2. The number of carboxylic acid groups (broad SMARTS) is 1. The highest BCUT2D eigenvalue weighted by atomic mass is 16.5. The molecule has 1 N–H and O–H groups in total. The Hall–Kier alpha value is -4.53. The van der Waals surface area contributed by atoms with Crippen molar-refractivity contribution < 1.29 is 38.4 Å². The molecule has 1 aliphatic rings. The number of ether oxygens (including phenoxy) is 4. The molecule has 1 amide bonds. The van der Waals surface area contributed by atoms with Gasteiger partial charge in [0.2, 0.25) is 5.91 Å². The summed E-state index contributed by atoms with van der Waals surface area (Å²) in [6.07, 6.45) is 2.74. The van der Waals surface area contributed by atoms with Gasteiger partial charge in [0.05, 0.1) is 20.6 Å². The smallest absolute Gasteiger partial charge is 0.341 e. The van der Waals surface area contributed by atoms with Gasteiger partial charge in [0.15, 0.2) is 18.1 Å². The highest BCUT2D eigenvalue weighted by molar-refractivity contribution is 5.86. The zero-order chi connectivity index (χ0) is 29.9. The minimum Gasteiger partial charge on any atom is -0.493 e. The number of piperidine rings is 1. The summed E-state index contributed by atoms with van der Waals surface area (Å²) < 4.78 is 22.3. The molecule has 222 valence electrons. The lowest BCUT2D eigenvalue weighted by molar-refractivity contribution is -0.162. The lowest BCUT2D eigenvalue weighted by Crippen LogP contribution is -2.49. The molecule has 0 aromatic heterocycles. The van der Waals surface area contributed by atoms with E-state index in [4.69, 9.17) is 24.1 Å². The predicted molar refractivity (Wildman–Crippen MR) is 156 cm³/mol. The van der Waals surface area contributed by atoms with Crippen LogP contribution in [0.2, 0.25) is 0 Å². The van der Waals surface area contributed by atoms with E-state index in [1.165, 1.54) is 0 Å². The van der Waals surface area contributed by atoms with Crippen LogP contribution in [0.1, 0.15) is 48.5 Å². The first kappa shape index (κ1) is 30.4. The van der Waals surface area contributed by atoms with Crippen molar-refractivity contribution in [1.82, 2.24) is 4.90 Å². The normalized spacial score (nSPS) is 15.4. The van der Waals surface area contributed by atoms with Gasteiger partial charge in [0, 0.05) is 6.54 Å². The maximum Gasteiger partial charge on any atom is 0.341 e. The second kappa shape index (κ2) is 14.9. The Bertz CT molecular complexity index is 1360. The molecule has 9 heteroatoms. The third-order valence-corrected chi connectivity index (χ3v) is 7.29. The van der Waals surface area contributed by atoms with Crippen LogP contribution < -0.4 is 14.2 Å². The Balaban J connectivity index is 1.54. The molecule has 3 aromatic rings. The molecule has 42 heavy (non-hydrogen) atoms. The quantitative estimate of drug-likeness (QED) is 0.283. The van der Waals surface area contributed by atoms with Crippen molar-refractivity contribution in [2.24, 2.45) is 0 Å². The molecule has 0 aliphatic carbocycles. The van der Waals surface area contributed by atoms with Gasteiger partial charge in [-0.05, 0) is 73.1 Å². The minimum atomic E-state index is -1.09. The van der Waals surface area contributed by atoms with Gasteiger partial charge in [0.1, 0.15) is 17.9 Å². The molecule has 0 saturated carbocycles. The van der Waals surface area contributed by atoms with Gasteiger partial charge < -0.3 is 29.0 Å². The van der Waals surface area contributed by atoms with Crippen LogP contribution in [-0.4, -0.2) is 61.3 Å². The topological polar surface area (TPSA) is 112 Å². The van der Waals surface area contributed by atoms with E-state index in [2.05, 4.69) is 0 Å². The third-order valence-electron chi connectivity index (χ3n) is 7.29. The number of carboxylic acids is 1. The van der Waals surface area contributed by atoms with Crippen molar-refractivity contribution in [1.29, 1.82) is 0 Å². The lowest BCUT2D eigenvalue weighted by Gasteiger charge is -2.35. The average Bonchev–Trinajstić information content (AvgIpc) is 3.02. The van der Waals surface area contributed by atoms with E-state index in [0.29, 0.717) is 48.6 Å². The number of hydrogen-bond donors (Lipinski definition) is 1. The molecule has 0 spiro atoms. The fourth-order valence-corrected chi connectivity index (χ4v) is 5.14. The number of aryl methyl sites for hydroxylation is 1. The van der Waals surface area contributed by atoms with Crippen molar-refractivity contribution in [3.8, 4) is 17.2 Å². The molecule has 4 rings (SSSR count). The van der Waals surface area contributed by atoms with E-state index in [1.807, 2.05) is 54.6 Å². The van der Waals surface area contributed by atoms with Gasteiger partial charge in [-0.1, -0.05) is 48.5 Å². The molecular weight excluding hydrogens is 538 g/mol. The van der Waals surface area contributed by atoms with Crippen LogP contribution in [0.25, 0.3) is 0 Å². The molecular formula is C33H37NO8. The molecule has 9 nitrogen and oxygen atoms in total. The maximum absolute atomic E-state index is 13.7. The largest absolute Gasteiger partial charge is 0.493 e. The monoisotopic (exact) mass is 575 g/mol. The maximum atomic E-state index is 13.7. The summed E-state index contributed by atoms with van der Waals surface area (Å²) in [5, 5.41) is 9.02. The third kappa shape index (κ3) is 8.25. The molecule has 1 heterocycles. The summed E-state index contributed by atoms with van der Waals surface area (Å²) in [6.45, 7) is 0.0143. The van der Waals surface area contributed by atoms with E-state index in [0.717, 1.165) is 24.0 Å². The predicted octanol–water partition coefficient (Wildman–Crippen LogP) is 5.01. The van der Waals surface area contributed by atoms with Crippen LogP contribution in [0.5, 0.6) is 17.2 Å². The van der Waals surface area contributed by atoms with Crippen LogP contribution >= 0.6 is 0 Å². The van der Waals surface area contributed by atoms with Gasteiger partial charge in [-0.15, -0.1) is 0 Å². The Labute approximate surface area is 246 Å². The first-order valence-electron chi connectivity index (χ1n) is 14.1. The first-order valence-corrected chi connectivity index (χ1v) is 14.1. The number of benzene rings is 3. The van der Waals surface area contributed by atoms with Gasteiger partial charge in [-0.3, -0.25) is 4.79 Å². The summed E-state index contributed by atoms with van der Waals surface area (Å²) >= 11 is 0. The van der Waals surface area contributed by atoms with Gasteiger partial charge in [-0.25, -0.2) is 9.59 Å². The number of rotatable bonds is 13. The summed E-state index contributed by atoms with van der Waals surface area (Å²) in [5.74, 6) is -0.0691. The number of amides is 1. The molecule has 1 fully saturated rings. The van der Waals surface area contributed by atoms with E-state index in [1.54, 1.807) is 37.3 Å². The van der Waals surface area contributed by atoms with Crippen LogP contribution in [0, 0.1) is 0 Å². The summed E-state index contributed by atoms with van der Waals surface area (Å²) in [6, 6.07) is 21.4. The summed E-state index contributed by atoms with van der Waals surface area (Å²) in [5.41, 5.74) is 2.53. The highest BCUT2D eigenvalue weighted by Gasteiger charge is 2.34. The van der Waals surface area contributed by atoms with Crippen LogP contribution in [-0.2, 0) is 32.0 Å². The van der Waals surface area contributed by atoms with Crippen molar-refractivity contribution in [2.45, 2.75) is 50.7 Å². The fraction of sp³-hybridized carbons (Fsp3) is 0.364. The molecule has 0 bridgehead atoms. The lowest BCUT2D eigenvalue weighted by atomic mass is 9.99. The average molecular weight is 576 g/mol. The number of methoxy groups -OCH3 is 2. The van der Waals surface area contributed by atoms with Crippen molar-refractivity contribution in [3.63, 3.8) is 0 Å². The molecule has 1 unspecified atom stereocenters. The number of aliphatic carboxylic acids is 1. The minimum absolute atomic E-state index is 0.103. The standard InChI is InChI=1S/C33H37NO8/c1-39-29-17-15-24(19-30(29)40-2)14-16-28(25-11-8-12-26(21-25)41-22-32(36)37)42-33(38)27-13-6-7-18-34(27)31(35)20-23-9-4-3-5-10-23/h3-5,8-12,15,17,19,21,27-28H,6-7,13-14,16,18,20,22H2,1-2H3,(H,36,37)/t27?,28-/m1/s1. The first-order chi connectivity index (χ1) is 20.4. The number of nitrogens with zero attached hydrogens (tertiary/aromatic N) is 1. The SMILES string of the molecule is COc1ccc(CC[C@@H](OC(=O)C2CCCCN2C(=O)Cc2ccccc2)c2cccc(OCC(=O)O)c2)cc1OC. The van der Waals surface area contributed by atoms with E-state index in [9.17, 15) is 14.4 Å². The van der Waals surface area contributed by atoms with Crippen LogP contribution in [0.3, 0.4) is 0 Å². The molecule has 0 radical (unpaired) electrons. The fourth-order valence-electron chi connectivity index (χ4n) is 5.14. The van der Waals surface area contributed by atoms with Crippen molar-refractivity contribution in [3.05, 3.63) is 89.5 Å². The Morgan fingerprint density at radius 1 is 0.905 bits per heavy atom. The van der Waals surface area contributed by atoms with Gasteiger partial charge in [-0.2, -0.15) is 0 Å². The van der Waals surface area contributed by atoms with Gasteiger partial charge in [0.25, 0.3) is 0 Å². The van der Waals surface area contributed by atoms with E-state index >= 15 is 0 Å². The van der Waals surface area contributed by atoms with Gasteiger partial charge >= 0.3 is 11.9 Å². The Kier molecular flexibility index (Phi) is 10.8. The zero-order valence-electron chi connectivity index (χ0n) is 24.0. The van der Waals surface area contributed by atoms with Crippen LogP contribution in [0.15, 0.2) is 72.8 Å². The number of hydrogen-bond acceptors (Lipinski definition) is 7. The second-order valence-corrected chi connectivity index (χ2v) is 10.2. The highest BCUT2D eigenvalue weighted by Crippen LogP contribution is 2.32. The molecule has 2 atom stereocenters. The number of carbonyl (C=O) groups is 3.